The fourth-order valence-electron chi connectivity index (χ4n) is 2.76. The fraction of sp³-hybridized carbons (Fsp3) is 0.211. The van der Waals surface area contributed by atoms with Gasteiger partial charge in [0.1, 0.15) is 12.4 Å². The average Bonchev–Trinajstić information content (AvgIpc) is 3.35. The Bertz CT molecular complexity index is 1060. The summed E-state index contributed by atoms with van der Waals surface area (Å²) in [6.07, 6.45) is 0. The van der Waals surface area contributed by atoms with Gasteiger partial charge in [0.15, 0.2) is 11.0 Å². The van der Waals surface area contributed by atoms with E-state index in [1.165, 1.54) is 22.6 Å². The zero-order valence-corrected chi connectivity index (χ0v) is 16.1. The van der Waals surface area contributed by atoms with E-state index >= 15 is 0 Å². The molecule has 0 atom stereocenters. The number of hydrogen-bond donors (Lipinski definition) is 0. The van der Waals surface area contributed by atoms with Crippen molar-refractivity contribution in [3.63, 3.8) is 0 Å². The number of rotatable bonds is 7. The fourth-order valence-corrected chi connectivity index (χ4v) is 3.77. The summed E-state index contributed by atoms with van der Waals surface area (Å²) in [5.74, 6) is 1.58. The Labute approximate surface area is 165 Å². The molecule has 0 radical (unpaired) electrons. The maximum absolute atomic E-state index is 13.8. The van der Waals surface area contributed by atoms with E-state index in [2.05, 4.69) is 25.6 Å². The molecule has 0 bridgehead atoms. The molecule has 0 aliphatic carbocycles. The molecule has 0 saturated carbocycles. The van der Waals surface area contributed by atoms with E-state index in [4.69, 9.17) is 0 Å². The van der Waals surface area contributed by atoms with Crippen molar-refractivity contribution in [2.75, 3.05) is 0 Å². The normalized spacial score (nSPS) is 11.1. The Balaban J connectivity index is 1.49. The van der Waals surface area contributed by atoms with E-state index in [0.29, 0.717) is 30.2 Å². The van der Waals surface area contributed by atoms with Gasteiger partial charge in [0.05, 0.1) is 0 Å². The van der Waals surface area contributed by atoms with E-state index in [9.17, 15) is 4.39 Å². The van der Waals surface area contributed by atoms with Gasteiger partial charge in [-0.2, -0.15) is 4.80 Å². The summed E-state index contributed by atoms with van der Waals surface area (Å²) in [6, 6.07) is 16.4. The van der Waals surface area contributed by atoms with Crippen LogP contribution in [-0.2, 0) is 18.8 Å². The first-order valence-corrected chi connectivity index (χ1v) is 9.84. The van der Waals surface area contributed by atoms with Crippen LogP contribution in [0.4, 0.5) is 4.39 Å². The Morgan fingerprint density at radius 2 is 1.75 bits per heavy atom. The minimum atomic E-state index is -0.210. The number of nitrogens with zero attached hydrogens (tertiary/aromatic N) is 7. The van der Waals surface area contributed by atoms with Gasteiger partial charge >= 0.3 is 0 Å². The summed E-state index contributed by atoms with van der Waals surface area (Å²) in [5, 5.41) is 21.9. The van der Waals surface area contributed by atoms with Crippen LogP contribution in [0.1, 0.15) is 18.3 Å². The number of halogens is 1. The molecule has 9 heteroatoms. The maximum atomic E-state index is 13.8. The van der Waals surface area contributed by atoms with Crippen molar-refractivity contribution in [1.82, 2.24) is 35.0 Å². The lowest BCUT2D eigenvalue weighted by atomic mass is 10.2. The van der Waals surface area contributed by atoms with Crippen LogP contribution in [0, 0.1) is 5.82 Å². The first kappa shape index (κ1) is 18.3. The van der Waals surface area contributed by atoms with E-state index in [-0.39, 0.29) is 5.82 Å². The third-order valence-corrected chi connectivity index (χ3v) is 5.21. The second-order valence-corrected chi connectivity index (χ2v) is 6.98. The minimum absolute atomic E-state index is 0.210. The molecule has 0 amide bonds. The van der Waals surface area contributed by atoms with Crippen molar-refractivity contribution in [2.45, 2.75) is 30.9 Å². The molecule has 0 N–H and O–H groups in total. The molecule has 7 nitrogen and oxygen atoms in total. The van der Waals surface area contributed by atoms with Gasteiger partial charge in [-0.05, 0) is 23.8 Å². The van der Waals surface area contributed by atoms with Crippen molar-refractivity contribution in [2.24, 2.45) is 0 Å². The highest BCUT2D eigenvalue weighted by Gasteiger charge is 2.14. The topological polar surface area (TPSA) is 74.3 Å². The summed E-state index contributed by atoms with van der Waals surface area (Å²) in [7, 11) is 0. The molecular weight excluding hydrogens is 377 g/mol. The molecule has 2 aromatic heterocycles. The number of benzene rings is 2. The summed E-state index contributed by atoms with van der Waals surface area (Å²) in [4.78, 5) is 1.50. The third kappa shape index (κ3) is 3.94. The molecule has 0 unspecified atom stereocenters. The number of aromatic nitrogens is 7. The second-order valence-electron chi connectivity index (χ2n) is 6.03. The molecule has 4 aromatic rings. The third-order valence-electron chi connectivity index (χ3n) is 4.19. The Kier molecular flexibility index (Phi) is 5.43. The zero-order chi connectivity index (χ0) is 19.3. The molecule has 2 heterocycles. The maximum Gasteiger partial charge on any atom is 0.204 e. The van der Waals surface area contributed by atoms with Crippen LogP contribution in [0.3, 0.4) is 0 Å². The van der Waals surface area contributed by atoms with Crippen molar-refractivity contribution in [1.29, 1.82) is 0 Å². The minimum Gasteiger partial charge on any atom is -0.305 e. The van der Waals surface area contributed by atoms with E-state index in [0.717, 1.165) is 16.5 Å². The van der Waals surface area contributed by atoms with Crippen LogP contribution in [0.15, 0.2) is 59.8 Å². The van der Waals surface area contributed by atoms with Gasteiger partial charge in [-0.3, -0.25) is 0 Å². The number of tetrazole rings is 1. The quantitative estimate of drug-likeness (QED) is 0.446. The molecule has 142 valence electrons. The van der Waals surface area contributed by atoms with Gasteiger partial charge in [-0.25, -0.2) is 4.39 Å². The molecule has 0 aliphatic heterocycles. The highest BCUT2D eigenvalue weighted by molar-refractivity contribution is 7.98. The van der Waals surface area contributed by atoms with Crippen molar-refractivity contribution in [3.8, 4) is 11.4 Å². The van der Waals surface area contributed by atoms with Crippen LogP contribution in [0.25, 0.3) is 11.4 Å². The highest BCUT2D eigenvalue weighted by atomic mass is 32.2. The van der Waals surface area contributed by atoms with E-state index < -0.39 is 0 Å². The van der Waals surface area contributed by atoms with Gasteiger partial charge in [-0.1, -0.05) is 60.3 Å². The van der Waals surface area contributed by atoms with Gasteiger partial charge in [0.2, 0.25) is 5.82 Å². The Hall–Kier alpha value is -3.07. The summed E-state index contributed by atoms with van der Waals surface area (Å²) in [6.45, 7) is 3.08. The molecule has 2 aromatic carbocycles. The van der Waals surface area contributed by atoms with Crippen LogP contribution in [0.2, 0.25) is 0 Å². The van der Waals surface area contributed by atoms with Crippen LogP contribution in [0.5, 0.6) is 0 Å². The predicted molar refractivity (Wildman–Crippen MR) is 104 cm³/mol. The smallest absolute Gasteiger partial charge is 0.204 e. The summed E-state index contributed by atoms with van der Waals surface area (Å²) in [5.41, 5.74) is 1.55. The lowest BCUT2D eigenvalue weighted by molar-refractivity contribution is 0.524. The molecule has 0 saturated heterocycles. The van der Waals surface area contributed by atoms with Crippen LogP contribution in [-0.4, -0.2) is 35.0 Å². The Morgan fingerprint density at radius 3 is 2.54 bits per heavy atom. The summed E-state index contributed by atoms with van der Waals surface area (Å²) >= 11 is 1.46. The van der Waals surface area contributed by atoms with Gasteiger partial charge in [-0.15, -0.1) is 20.4 Å². The molecule has 0 aliphatic rings. The first-order chi connectivity index (χ1) is 13.7. The lowest BCUT2D eigenvalue weighted by Gasteiger charge is -2.07. The number of hydrogen-bond acceptors (Lipinski definition) is 6. The standard InChI is InChI=1S/C19H18FN7S/c1-2-26-17(12-27-24-18(22-25-27)14-8-4-3-5-9-14)21-23-19(26)28-13-15-10-6-7-11-16(15)20/h3-11H,2,12-13H2,1H3. The van der Waals surface area contributed by atoms with Crippen LogP contribution >= 0.6 is 11.8 Å². The van der Waals surface area contributed by atoms with Crippen LogP contribution < -0.4 is 0 Å². The largest absolute Gasteiger partial charge is 0.305 e. The zero-order valence-electron chi connectivity index (χ0n) is 15.2. The predicted octanol–water partition coefficient (Wildman–Crippen LogP) is 3.43. The molecule has 0 spiro atoms. The van der Waals surface area contributed by atoms with Crippen molar-refractivity contribution in [3.05, 3.63) is 71.8 Å². The van der Waals surface area contributed by atoms with Crippen molar-refractivity contribution >= 4 is 11.8 Å². The molecule has 4 rings (SSSR count). The van der Waals surface area contributed by atoms with E-state index in [1.807, 2.05) is 47.9 Å². The first-order valence-electron chi connectivity index (χ1n) is 8.86. The lowest BCUT2D eigenvalue weighted by Crippen LogP contribution is -2.11. The number of thioether (sulfide) groups is 1. The van der Waals surface area contributed by atoms with E-state index in [1.54, 1.807) is 12.1 Å². The van der Waals surface area contributed by atoms with Gasteiger partial charge in [0, 0.05) is 17.9 Å². The molecule has 28 heavy (non-hydrogen) atoms. The summed E-state index contributed by atoms with van der Waals surface area (Å²) < 4.78 is 15.8. The van der Waals surface area contributed by atoms with Gasteiger partial charge < -0.3 is 4.57 Å². The van der Waals surface area contributed by atoms with Crippen molar-refractivity contribution < 1.29 is 4.39 Å². The second kappa shape index (κ2) is 8.30. The average molecular weight is 395 g/mol. The monoisotopic (exact) mass is 395 g/mol. The Morgan fingerprint density at radius 1 is 0.964 bits per heavy atom. The van der Waals surface area contributed by atoms with Gasteiger partial charge in [0.25, 0.3) is 0 Å². The molecular formula is C19H18FN7S. The highest BCUT2D eigenvalue weighted by Crippen LogP contribution is 2.23. The molecule has 0 fully saturated rings. The SMILES string of the molecule is CCn1c(Cn2nnc(-c3ccccc3)n2)nnc1SCc1ccccc1F.